The molecule has 0 unspecified atom stereocenters. The Morgan fingerprint density at radius 3 is 2.63 bits per heavy atom. The number of nitrogens with zero attached hydrogens (tertiary/aromatic N) is 2. The minimum atomic E-state index is -0.238. The summed E-state index contributed by atoms with van der Waals surface area (Å²) in [5, 5.41) is 5.47. The molecule has 0 radical (unpaired) electrons. The van der Waals surface area contributed by atoms with Gasteiger partial charge in [-0.25, -0.2) is 14.8 Å². The summed E-state index contributed by atoms with van der Waals surface area (Å²) in [6, 6.07) is -0.238. The highest BCUT2D eigenvalue weighted by molar-refractivity contribution is 9.10. The van der Waals surface area contributed by atoms with Gasteiger partial charge in [-0.15, -0.1) is 0 Å². The lowest BCUT2D eigenvalue weighted by atomic mass is 9.87. The van der Waals surface area contributed by atoms with Gasteiger partial charge in [-0.1, -0.05) is 32.1 Å². The summed E-state index contributed by atoms with van der Waals surface area (Å²) in [7, 11) is 0. The van der Waals surface area contributed by atoms with E-state index in [4.69, 9.17) is 0 Å². The maximum Gasteiger partial charge on any atom is 0.321 e. The highest BCUT2D eigenvalue weighted by Gasteiger charge is 2.13. The van der Waals surface area contributed by atoms with Crippen molar-refractivity contribution < 1.29 is 4.79 Å². The maximum absolute atomic E-state index is 11.6. The lowest BCUT2D eigenvalue weighted by molar-refractivity contribution is 0.250. The average molecular weight is 327 g/mol. The molecular formula is C13H19BrN4O. The third kappa shape index (κ3) is 5.14. The second-order valence-electron chi connectivity index (χ2n) is 4.90. The zero-order valence-electron chi connectivity index (χ0n) is 10.9. The third-order valence-corrected chi connectivity index (χ3v) is 3.82. The van der Waals surface area contributed by atoms with Gasteiger partial charge in [0.15, 0.2) is 0 Å². The van der Waals surface area contributed by atoms with Crippen molar-refractivity contribution in [1.82, 2.24) is 15.3 Å². The fraction of sp³-hybridized carbons (Fsp3) is 0.615. The van der Waals surface area contributed by atoms with Gasteiger partial charge in [0.05, 0.1) is 4.47 Å². The van der Waals surface area contributed by atoms with Gasteiger partial charge in [-0.2, -0.15) is 0 Å². The monoisotopic (exact) mass is 326 g/mol. The van der Waals surface area contributed by atoms with E-state index in [-0.39, 0.29) is 6.03 Å². The van der Waals surface area contributed by atoms with Gasteiger partial charge in [0.1, 0.15) is 0 Å². The predicted octanol–water partition coefficient (Wildman–Crippen LogP) is 3.33. The highest BCUT2D eigenvalue weighted by Crippen LogP contribution is 2.25. The molecule has 2 rings (SSSR count). The van der Waals surface area contributed by atoms with Gasteiger partial charge >= 0.3 is 6.03 Å². The first-order chi connectivity index (χ1) is 9.24. The van der Waals surface area contributed by atoms with Gasteiger partial charge in [0.2, 0.25) is 5.95 Å². The van der Waals surface area contributed by atoms with Gasteiger partial charge in [-0.05, 0) is 28.3 Å². The number of halogens is 1. The molecule has 0 aliphatic heterocycles. The van der Waals surface area contributed by atoms with Gasteiger partial charge < -0.3 is 5.32 Å². The van der Waals surface area contributed by atoms with E-state index in [1.165, 1.54) is 32.1 Å². The normalized spacial score (nSPS) is 16.1. The SMILES string of the molecule is O=C(NCCC1CCCCC1)Nc1ncc(Br)cn1. The molecule has 2 amide bonds. The van der Waals surface area contributed by atoms with Crippen LogP contribution in [0.2, 0.25) is 0 Å². The number of urea groups is 1. The second-order valence-corrected chi connectivity index (χ2v) is 5.81. The van der Waals surface area contributed by atoms with E-state index in [1.54, 1.807) is 12.4 Å². The molecule has 1 aliphatic rings. The summed E-state index contributed by atoms with van der Waals surface area (Å²) in [5.74, 6) is 1.09. The highest BCUT2D eigenvalue weighted by atomic mass is 79.9. The Kier molecular flexibility index (Phi) is 5.57. The number of amides is 2. The molecule has 0 atom stereocenters. The van der Waals surface area contributed by atoms with Crippen LogP contribution in [0.25, 0.3) is 0 Å². The van der Waals surface area contributed by atoms with Crippen LogP contribution >= 0.6 is 15.9 Å². The van der Waals surface area contributed by atoms with Gasteiger partial charge in [0, 0.05) is 18.9 Å². The number of carbonyl (C=O) groups is 1. The first-order valence-corrected chi connectivity index (χ1v) is 7.56. The summed E-state index contributed by atoms with van der Waals surface area (Å²) in [5.41, 5.74) is 0. The Morgan fingerprint density at radius 2 is 1.95 bits per heavy atom. The number of anilines is 1. The Morgan fingerprint density at radius 1 is 1.26 bits per heavy atom. The van der Waals surface area contributed by atoms with Crippen molar-refractivity contribution in [2.75, 3.05) is 11.9 Å². The number of hydrogen-bond donors (Lipinski definition) is 2. The van der Waals surface area contributed by atoms with Crippen molar-refractivity contribution in [3.8, 4) is 0 Å². The molecule has 1 saturated carbocycles. The standard InChI is InChI=1S/C13H19BrN4O/c14-11-8-16-12(17-9-11)18-13(19)15-7-6-10-4-2-1-3-5-10/h8-10H,1-7H2,(H2,15,16,17,18,19). The molecule has 1 heterocycles. The number of aromatic nitrogens is 2. The van der Waals surface area contributed by atoms with Crippen LogP contribution in [0.4, 0.5) is 10.7 Å². The van der Waals surface area contributed by atoms with Crippen molar-refractivity contribution in [2.45, 2.75) is 38.5 Å². The summed E-state index contributed by atoms with van der Waals surface area (Å²) >= 11 is 3.24. The first kappa shape index (κ1) is 14.2. The van der Waals surface area contributed by atoms with Crippen LogP contribution in [-0.2, 0) is 0 Å². The summed E-state index contributed by atoms with van der Waals surface area (Å²) in [6.07, 6.45) is 10.9. The zero-order valence-corrected chi connectivity index (χ0v) is 12.4. The first-order valence-electron chi connectivity index (χ1n) is 6.76. The Balaban J connectivity index is 1.65. The molecule has 1 fully saturated rings. The van der Waals surface area contributed by atoms with E-state index in [0.717, 1.165) is 16.8 Å². The van der Waals surface area contributed by atoms with Crippen LogP contribution in [0.5, 0.6) is 0 Å². The van der Waals surface area contributed by atoms with Crippen LogP contribution < -0.4 is 10.6 Å². The van der Waals surface area contributed by atoms with E-state index < -0.39 is 0 Å². The van der Waals surface area contributed by atoms with Gasteiger partial charge in [0.25, 0.3) is 0 Å². The molecule has 1 aromatic heterocycles. The van der Waals surface area contributed by atoms with Crippen LogP contribution in [0.15, 0.2) is 16.9 Å². The van der Waals surface area contributed by atoms with Crippen molar-refractivity contribution in [2.24, 2.45) is 5.92 Å². The topological polar surface area (TPSA) is 66.9 Å². The second kappa shape index (κ2) is 7.43. The maximum atomic E-state index is 11.6. The van der Waals surface area contributed by atoms with E-state index in [1.807, 2.05) is 0 Å². The molecular weight excluding hydrogens is 308 g/mol. The minimum Gasteiger partial charge on any atom is -0.338 e. The molecule has 0 spiro atoms. The zero-order chi connectivity index (χ0) is 13.5. The number of carbonyl (C=O) groups excluding carboxylic acids is 1. The quantitative estimate of drug-likeness (QED) is 0.891. The van der Waals surface area contributed by atoms with Gasteiger partial charge in [-0.3, -0.25) is 5.32 Å². The number of nitrogens with one attached hydrogen (secondary N) is 2. The third-order valence-electron chi connectivity index (χ3n) is 3.41. The van der Waals surface area contributed by atoms with E-state index in [9.17, 15) is 4.79 Å². The molecule has 1 aromatic rings. The van der Waals surface area contributed by atoms with E-state index in [2.05, 4.69) is 36.5 Å². The number of rotatable bonds is 4. The van der Waals surface area contributed by atoms with Crippen LogP contribution in [-0.4, -0.2) is 22.5 Å². The van der Waals surface area contributed by atoms with E-state index >= 15 is 0 Å². The molecule has 19 heavy (non-hydrogen) atoms. The van der Waals surface area contributed by atoms with Crippen LogP contribution in [0.1, 0.15) is 38.5 Å². The minimum absolute atomic E-state index is 0.238. The Labute approximate surface area is 121 Å². The molecule has 6 heteroatoms. The lowest BCUT2D eigenvalue weighted by Gasteiger charge is -2.21. The molecule has 2 N–H and O–H groups in total. The molecule has 104 valence electrons. The summed E-state index contributed by atoms with van der Waals surface area (Å²) in [4.78, 5) is 19.6. The predicted molar refractivity (Wildman–Crippen MR) is 77.9 cm³/mol. The Hall–Kier alpha value is -1.17. The number of hydrogen-bond acceptors (Lipinski definition) is 3. The summed E-state index contributed by atoms with van der Waals surface area (Å²) < 4.78 is 0.788. The fourth-order valence-electron chi connectivity index (χ4n) is 2.39. The average Bonchev–Trinajstić information content (AvgIpc) is 2.43. The molecule has 5 nitrogen and oxygen atoms in total. The Bertz CT molecular complexity index is 404. The summed E-state index contributed by atoms with van der Waals surface area (Å²) in [6.45, 7) is 0.715. The largest absolute Gasteiger partial charge is 0.338 e. The lowest BCUT2D eigenvalue weighted by Crippen LogP contribution is -2.31. The molecule has 1 aliphatic carbocycles. The smallest absolute Gasteiger partial charge is 0.321 e. The van der Waals surface area contributed by atoms with Crippen LogP contribution in [0, 0.1) is 5.92 Å². The van der Waals surface area contributed by atoms with E-state index in [0.29, 0.717) is 12.5 Å². The van der Waals surface area contributed by atoms with Crippen molar-refractivity contribution in [3.63, 3.8) is 0 Å². The van der Waals surface area contributed by atoms with Crippen molar-refractivity contribution >= 4 is 27.9 Å². The molecule has 0 aromatic carbocycles. The molecule has 0 bridgehead atoms. The van der Waals surface area contributed by atoms with Crippen molar-refractivity contribution in [3.05, 3.63) is 16.9 Å². The van der Waals surface area contributed by atoms with Crippen molar-refractivity contribution in [1.29, 1.82) is 0 Å². The molecule has 0 saturated heterocycles. The fourth-order valence-corrected chi connectivity index (χ4v) is 2.59. The van der Waals surface area contributed by atoms with Crippen LogP contribution in [0.3, 0.4) is 0 Å².